The number of carbonyl (C=O) groups excluding carboxylic acids is 3. The van der Waals surface area contributed by atoms with E-state index in [1.165, 1.54) is 0 Å². The van der Waals surface area contributed by atoms with Crippen molar-refractivity contribution in [1.29, 1.82) is 0 Å². The third kappa shape index (κ3) is 5.95. The Labute approximate surface area is 115 Å². The summed E-state index contributed by atoms with van der Waals surface area (Å²) < 4.78 is 13.6. The van der Waals surface area contributed by atoms with Gasteiger partial charge < -0.3 is 29.5 Å². The largest absolute Gasteiger partial charge is 0.420 e. The van der Waals surface area contributed by atoms with Crippen molar-refractivity contribution < 1.29 is 43.9 Å². The number of ether oxygens (including phenoxy) is 3. The van der Waals surface area contributed by atoms with Crippen LogP contribution in [0.2, 0.25) is 0 Å². The topological polar surface area (TPSA) is 140 Å². The van der Waals surface area contributed by atoms with Crippen molar-refractivity contribution in [2.45, 2.75) is 52.0 Å². The van der Waals surface area contributed by atoms with E-state index in [4.69, 9.17) is 15.3 Å². The zero-order valence-electron chi connectivity index (χ0n) is 11.5. The smallest absolute Gasteiger partial charge is 0.386 e. The fourth-order valence-corrected chi connectivity index (χ4v) is 0.867. The Morgan fingerprint density at radius 3 is 1.10 bits per heavy atom. The molecule has 0 aliphatic carbocycles. The molecule has 0 spiro atoms. The number of aliphatic hydroxyl groups excluding tert-OH is 3. The van der Waals surface area contributed by atoms with Gasteiger partial charge >= 0.3 is 23.9 Å². The molecule has 3 N–H and O–H groups in total. The summed E-state index contributed by atoms with van der Waals surface area (Å²) in [6.07, 6.45) is -4.69. The number of carbonyl (C=O) groups is 3. The molecule has 0 aromatic rings. The zero-order chi connectivity index (χ0) is 16.1. The molecule has 0 aromatic heterocycles. The highest BCUT2D eigenvalue weighted by Gasteiger charge is 2.40. The van der Waals surface area contributed by atoms with Gasteiger partial charge in [-0.2, -0.15) is 0 Å². The lowest BCUT2D eigenvalue weighted by atomic mass is 10.4. The van der Waals surface area contributed by atoms with Crippen LogP contribution in [0, 0.1) is 0 Å². The molecule has 0 aromatic carbocycles. The predicted molar refractivity (Wildman–Crippen MR) is 61.7 cm³/mol. The number of hydrogen-bond acceptors (Lipinski definition) is 9. The Kier molecular flexibility index (Phi) is 6.56. The van der Waals surface area contributed by atoms with Crippen molar-refractivity contribution in [2.24, 2.45) is 0 Å². The summed E-state index contributed by atoms with van der Waals surface area (Å²) in [5.41, 5.74) is 0. The average Bonchev–Trinajstić information content (AvgIpc) is 2.27. The first-order chi connectivity index (χ1) is 8.98. The molecule has 0 bridgehead atoms. The first kappa shape index (κ1) is 18.3. The van der Waals surface area contributed by atoms with Crippen molar-refractivity contribution in [1.82, 2.24) is 0 Å². The summed E-state index contributed by atoms with van der Waals surface area (Å²) in [5.74, 6) is -6.21. The van der Waals surface area contributed by atoms with E-state index in [-0.39, 0.29) is 0 Å². The van der Waals surface area contributed by atoms with Gasteiger partial charge in [-0.25, -0.2) is 14.4 Å². The number of esters is 3. The molecule has 0 rings (SSSR count). The number of hydrogen-bond donors (Lipinski definition) is 3. The van der Waals surface area contributed by atoms with Crippen LogP contribution in [0.3, 0.4) is 0 Å². The molecule has 3 unspecified atom stereocenters. The molecule has 0 aliphatic heterocycles. The summed E-state index contributed by atoms with van der Waals surface area (Å²) >= 11 is 0. The third-order valence-corrected chi connectivity index (χ3v) is 1.88. The summed E-state index contributed by atoms with van der Waals surface area (Å²) in [7, 11) is 0. The normalized spacial score (nSPS) is 18.1. The lowest BCUT2D eigenvalue weighted by molar-refractivity contribution is -0.326. The molecule has 20 heavy (non-hydrogen) atoms. The van der Waals surface area contributed by atoms with Crippen LogP contribution in [-0.4, -0.2) is 57.5 Å². The molecule has 0 amide bonds. The van der Waals surface area contributed by atoms with E-state index in [1.807, 2.05) is 0 Å². The van der Waals surface area contributed by atoms with Crippen LogP contribution in [0.25, 0.3) is 0 Å². The molecule has 3 atom stereocenters. The van der Waals surface area contributed by atoms with Crippen LogP contribution >= 0.6 is 0 Å². The second-order valence-electron chi connectivity index (χ2n) is 4.15. The highest BCUT2D eigenvalue weighted by molar-refractivity contribution is 5.78. The van der Waals surface area contributed by atoms with Gasteiger partial charge in [0.1, 0.15) is 18.3 Å². The number of rotatable bonds is 6. The highest BCUT2D eigenvalue weighted by atomic mass is 16.9. The zero-order valence-corrected chi connectivity index (χ0v) is 11.5. The van der Waals surface area contributed by atoms with Gasteiger partial charge in [-0.05, 0) is 20.8 Å². The standard InChI is InChI=1S/C11H18O9/c1-5(12)8(15)18-11(4,19-9(16)6(2)13)20-10(17)7(3)14/h5-7,12-14H,1-4H3. The molecule has 0 heterocycles. The lowest BCUT2D eigenvalue weighted by Crippen LogP contribution is -2.46. The van der Waals surface area contributed by atoms with E-state index in [1.54, 1.807) is 0 Å². The molecule has 0 saturated heterocycles. The van der Waals surface area contributed by atoms with Crippen LogP contribution in [0.5, 0.6) is 0 Å². The van der Waals surface area contributed by atoms with Gasteiger partial charge in [-0.3, -0.25) is 0 Å². The minimum absolute atomic E-state index is 0.897. The first-order valence-corrected chi connectivity index (χ1v) is 5.71. The van der Waals surface area contributed by atoms with E-state index in [9.17, 15) is 14.4 Å². The second kappa shape index (κ2) is 7.17. The van der Waals surface area contributed by atoms with Gasteiger partial charge in [0.2, 0.25) is 0 Å². The molecule has 0 radical (unpaired) electrons. The van der Waals surface area contributed by atoms with E-state index in [2.05, 4.69) is 14.2 Å². The third-order valence-electron chi connectivity index (χ3n) is 1.88. The number of aliphatic hydroxyl groups is 3. The van der Waals surface area contributed by atoms with Crippen LogP contribution in [0.4, 0.5) is 0 Å². The Morgan fingerprint density at radius 2 is 0.950 bits per heavy atom. The van der Waals surface area contributed by atoms with Crippen molar-refractivity contribution in [3.05, 3.63) is 0 Å². The fourth-order valence-electron chi connectivity index (χ4n) is 0.867. The Morgan fingerprint density at radius 1 is 0.750 bits per heavy atom. The van der Waals surface area contributed by atoms with Crippen molar-refractivity contribution in [2.75, 3.05) is 0 Å². The first-order valence-electron chi connectivity index (χ1n) is 5.71. The second-order valence-corrected chi connectivity index (χ2v) is 4.15. The van der Waals surface area contributed by atoms with Gasteiger partial charge in [0, 0.05) is 0 Å². The summed E-state index contributed by atoms with van der Waals surface area (Å²) in [6, 6.07) is 0. The minimum Gasteiger partial charge on any atom is -0.386 e. The predicted octanol–water partition coefficient (Wildman–Crippen LogP) is -1.57. The molecular weight excluding hydrogens is 276 g/mol. The summed E-state index contributed by atoms with van der Waals surface area (Å²) in [5, 5.41) is 27.0. The molecule has 0 fully saturated rings. The minimum atomic E-state index is -2.52. The molecule has 116 valence electrons. The summed E-state index contributed by atoms with van der Waals surface area (Å²) in [6.45, 7) is 4.13. The lowest BCUT2D eigenvalue weighted by Gasteiger charge is -2.29. The van der Waals surface area contributed by atoms with Gasteiger partial charge in [-0.1, -0.05) is 0 Å². The molecule has 9 heteroatoms. The van der Waals surface area contributed by atoms with Gasteiger partial charge in [0.25, 0.3) is 0 Å². The van der Waals surface area contributed by atoms with Crippen LogP contribution < -0.4 is 0 Å². The Hall–Kier alpha value is -1.71. The van der Waals surface area contributed by atoms with Gasteiger partial charge in [-0.15, -0.1) is 0 Å². The maximum atomic E-state index is 11.3. The van der Waals surface area contributed by atoms with Crippen LogP contribution in [0.1, 0.15) is 27.7 Å². The molecule has 0 aliphatic rings. The van der Waals surface area contributed by atoms with Gasteiger partial charge in [0.05, 0.1) is 6.92 Å². The quantitative estimate of drug-likeness (QED) is 0.391. The fraction of sp³-hybridized carbons (Fsp3) is 0.727. The average molecular weight is 294 g/mol. The van der Waals surface area contributed by atoms with Crippen molar-refractivity contribution >= 4 is 17.9 Å². The van der Waals surface area contributed by atoms with E-state index >= 15 is 0 Å². The highest BCUT2D eigenvalue weighted by Crippen LogP contribution is 2.18. The Bertz CT molecular complexity index is 317. The molecule has 0 saturated carbocycles. The molecule has 9 nitrogen and oxygen atoms in total. The monoisotopic (exact) mass is 294 g/mol. The maximum Gasteiger partial charge on any atom is 0.420 e. The van der Waals surface area contributed by atoms with E-state index < -0.39 is 42.2 Å². The SMILES string of the molecule is CC(O)C(=O)OC(C)(OC(=O)C(C)O)OC(=O)C(C)O. The van der Waals surface area contributed by atoms with Crippen LogP contribution in [-0.2, 0) is 28.6 Å². The Balaban J connectivity index is 5.06. The summed E-state index contributed by atoms with van der Waals surface area (Å²) in [4.78, 5) is 33.8. The van der Waals surface area contributed by atoms with Crippen molar-refractivity contribution in [3.63, 3.8) is 0 Å². The van der Waals surface area contributed by atoms with Gasteiger partial charge in [0.15, 0.2) is 0 Å². The van der Waals surface area contributed by atoms with E-state index in [0.29, 0.717) is 0 Å². The van der Waals surface area contributed by atoms with E-state index in [0.717, 1.165) is 27.7 Å². The van der Waals surface area contributed by atoms with Crippen molar-refractivity contribution in [3.8, 4) is 0 Å². The maximum absolute atomic E-state index is 11.3. The van der Waals surface area contributed by atoms with Crippen LogP contribution in [0.15, 0.2) is 0 Å². The molecular formula is C11H18O9.